The van der Waals surface area contributed by atoms with Crippen molar-refractivity contribution in [2.75, 3.05) is 39.4 Å². The van der Waals surface area contributed by atoms with E-state index >= 15 is 0 Å². The Morgan fingerprint density at radius 3 is 2.92 bits per heavy atom. The van der Waals surface area contributed by atoms with Crippen molar-refractivity contribution < 1.29 is 18.7 Å². The zero-order valence-electron chi connectivity index (χ0n) is 13.3. The van der Waals surface area contributed by atoms with Gasteiger partial charge >= 0.3 is 0 Å². The van der Waals surface area contributed by atoms with Crippen LogP contribution in [0, 0.1) is 0 Å². The standard InChI is InChI=1S/C17H19N3O4/c21-17(20-6-1-4-18-5-7-20)15-16(24-11-19-15)12-2-3-13-14(10-12)23-9-8-22-13/h2-3,10-11,18H,1,4-9H2. The molecule has 1 N–H and O–H groups in total. The maximum atomic E-state index is 12.8. The third-order valence-electron chi connectivity index (χ3n) is 4.20. The molecule has 0 unspecified atom stereocenters. The Kier molecular flexibility index (Phi) is 4.08. The fourth-order valence-electron chi connectivity index (χ4n) is 2.99. The van der Waals surface area contributed by atoms with Gasteiger partial charge in [-0.1, -0.05) is 0 Å². The Morgan fingerprint density at radius 2 is 2.00 bits per heavy atom. The van der Waals surface area contributed by atoms with Crippen molar-refractivity contribution in [2.45, 2.75) is 6.42 Å². The monoisotopic (exact) mass is 329 g/mol. The SMILES string of the molecule is O=C(c1ncoc1-c1ccc2c(c1)OCCO2)N1CCCNCC1. The number of aromatic nitrogens is 1. The maximum absolute atomic E-state index is 12.8. The van der Waals surface area contributed by atoms with Gasteiger partial charge in [0.2, 0.25) is 0 Å². The fourth-order valence-corrected chi connectivity index (χ4v) is 2.99. The molecule has 0 radical (unpaired) electrons. The molecule has 4 rings (SSSR count). The zero-order valence-corrected chi connectivity index (χ0v) is 13.3. The highest BCUT2D eigenvalue weighted by Gasteiger charge is 2.25. The average molecular weight is 329 g/mol. The summed E-state index contributed by atoms with van der Waals surface area (Å²) in [5, 5.41) is 3.29. The number of nitrogens with one attached hydrogen (secondary N) is 1. The first-order chi connectivity index (χ1) is 11.8. The maximum Gasteiger partial charge on any atom is 0.276 e. The number of oxazole rings is 1. The number of hydrogen-bond donors (Lipinski definition) is 1. The van der Waals surface area contributed by atoms with Gasteiger partial charge in [0, 0.05) is 25.2 Å². The molecule has 0 spiro atoms. The van der Waals surface area contributed by atoms with E-state index in [1.54, 1.807) is 0 Å². The van der Waals surface area contributed by atoms with E-state index in [1.165, 1.54) is 6.39 Å². The number of carbonyl (C=O) groups is 1. The van der Waals surface area contributed by atoms with Gasteiger partial charge in [0.1, 0.15) is 13.2 Å². The quantitative estimate of drug-likeness (QED) is 0.901. The summed E-state index contributed by atoms with van der Waals surface area (Å²) in [5.74, 6) is 1.73. The Balaban J connectivity index is 1.63. The lowest BCUT2D eigenvalue weighted by Gasteiger charge is -2.20. The van der Waals surface area contributed by atoms with Crippen molar-refractivity contribution in [2.24, 2.45) is 0 Å². The molecule has 1 aromatic heterocycles. The molecule has 7 heteroatoms. The summed E-state index contributed by atoms with van der Waals surface area (Å²) in [7, 11) is 0. The number of carbonyl (C=O) groups excluding carboxylic acids is 1. The van der Waals surface area contributed by atoms with Crippen LogP contribution in [0.15, 0.2) is 29.0 Å². The summed E-state index contributed by atoms with van der Waals surface area (Å²) >= 11 is 0. The summed E-state index contributed by atoms with van der Waals surface area (Å²) in [6, 6.07) is 5.51. The highest BCUT2D eigenvalue weighted by Crippen LogP contribution is 2.35. The van der Waals surface area contributed by atoms with Gasteiger partial charge < -0.3 is 24.1 Å². The molecule has 1 aromatic carbocycles. The highest BCUT2D eigenvalue weighted by atomic mass is 16.6. The second-order valence-corrected chi connectivity index (χ2v) is 5.78. The number of ether oxygens (including phenoxy) is 2. The molecule has 0 bridgehead atoms. The number of amides is 1. The second-order valence-electron chi connectivity index (χ2n) is 5.78. The van der Waals surface area contributed by atoms with Crippen LogP contribution in [-0.4, -0.2) is 55.2 Å². The van der Waals surface area contributed by atoms with E-state index in [-0.39, 0.29) is 5.91 Å². The van der Waals surface area contributed by atoms with Crippen LogP contribution in [0.25, 0.3) is 11.3 Å². The first-order valence-corrected chi connectivity index (χ1v) is 8.16. The Hall–Kier alpha value is -2.54. The van der Waals surface area contributed by atoms with E-state index in [0.717, 1.165) is 31.6 Å². The predicted molar refractivity (Wildman–Crippen MR) is 86.3 cm³/mol. The van der Waals surface area contributed by atoms with Gasteiger partial charge in [-0.05, 0) is 31.2 Å². The Bertz CT molecular complexity index is 735. The van der Waals surface area contributed by atoms with Gasteiger partial charge in [0.25, 0.3) is 5.91 Å². The van der Waals surface area contributed by atoms with E-state index in [9.17, 15) is 4.79 Å². The minimum atomic E-state index is -0.0997. The van der Waals surface area contributed by atoms with Crippen molar-refractivity contribution in [3.8, 4) is 22.8 Å². The summed E-state index contributed by atoms with van der Waals surface area (Å²) in [6.07, 6.45) is 2.25. The van der Waals surface area contributed by atoms with Crippen LogP contribution in [0.1, 0.15) is 16.9 Å². The predicted octanol–water partition coefficient (Wildman–Crippen LogP) is 1.55. The molecule has 0 aliphatic carbocycles. The van der Waals surface area contributed by atoms with Gasteiger partial charge in [-0.3, -0.25) is 4.79 Å². The summed E-state index contributed by atoms with van der Waals surface area (Å²) in [6.45, 7) is 4.17. The fraction of sp³-hybridized carbons (Fsp3) is 0.412. The molecule has 1 fully saturated rings. The molecule has 1 saturated heterocycles. The number of nitrogens with zero attached hydrogens (tertiary/aromatic N) is 2. The van der Waals surface area contributed by atoms with Crippen LogP contribution in [-0.2, 0) is 0 Å². The topological polar surface area (TPSA) is 76.8 Å². The number of benzene rings is 1. The average Bonchev–Trinajstić information content (AvgIpc) is 2.95. The van der Waals surface area contributed by atoms with Crippen molar-refractivity contribution in [1.29, 1.82) is 0 Å². The Morgan fingerprint density at radius 1 is 1.12 bits per heavy atom. The minimum absolute atomic E-state index is 0.0997. The smallest absolute Gasteiger partial charge is 0.276 e. The van der Waals surface area contributed by atoms with Gasteiger partial charge in [-0.25, -0.2) is 4.98 Å². The van der Waals surface area contributed by atoms with E-state index in [0.29, 0.717) is 42.7 Å². The number of hydrogen-bond acceptors (Lipinski definition) is 6. The van der Waals surface area contributed by atoms with Crippen LogP contribution in [0.5, 0.6) is 11.5 Å². The molecule has 24 heavy (non-hydrogen) atoms. The van der Waals surface area contributed by atoms with Crippen LogP contribution >= 0.6 is 0 Å². The first-order valence-electron chi connectivity index (χ1n) is 8.16. The van der Waals surface area contributed by atoms with E-state index in [4.69, 9.17) is 13.9 Å². The molecule has 7 nitrogen and oxygen atoms in total. The number of rotatable bonds is 2. The lowest BCUT2D eigenvalue weighted by Crippen LogP contribution is -2.34. The van der Waals surface area contributed by atoms with Crippen molar-refractivity contribution in [1.82, 2.24) is 15.2 Å². The van der Waals surface area contributed by atoms with E-state index in [2.05, 4.69) is 10.3 Å². The van der Waals surface area contributed by atoms with Gasteiger partial charge in [0.05, 0.1) is 0 Å². The normalized spacial score (nSPS) is 17.4. The number of fused-ring (bicyclic) bond motifs is 1. The van der Waals surface area contributed by atoms with Crippen molar-refractivity contribution >= 4 is 5.91 Å². The molecule has 1 amide bonds. The van der Waals surface area contributed by atoms with Crippen LogP contribution < -0.4 is 14.8 Å². The largest absolute Gasteiger partial charge is 0.486 e. The highest BCUT2D eigenvalue weighted by molar-refractivity contribution is 5.97. The zero-order chi connectivity index (χ0) is 16.4. The molecular weight excluding hydrogens is 310 g/mol. The molecule has 0 saturated carbocycles. The molecule has 3 heterocycles. The first kappa shape index (κ1) is 15.0. The van der Waals surface area contributed by atoms with Gasteiger partial charge in [-0.15, -0.1) is 0 Å². The Labute approximate surface area is 139 Å². The van der Waals surface area contributed by atoms with Gasteiger partial charge in [-0.2, -0.15) is 0 Å². The van der Waals surface area contributed by atoms with Crippen LogP contribution in [0.2, 0.25) is 0 Å². The lowest BCUT2D eigenvalue weighted by molar-refractivity contribution is 0.0761. The van der Waals surface area contributed by atoms with Crippen LogP contribution in [0.3, 0.4) is 0 Å². The molecular formula is C17H19N3O4. The van der Waals surface area contributed by atoms with E-state index in [1.807, 2.05) is 23.1 Å². The molecule has 2 aromatic rings. The molecule has 126 valence electrons. The van der Waals surface area contributed by atoms with Crippen LogP contribution in [0.4, 0.5) is 0 Å². The van der Waals surface area contributed by atoms with E-state index < -0.39 is 0 Å². The molecule has 2 aliphatic heterocycles. The summed E-state index contributed by atoms with van der Waals surface area (Å²) < 4.78 is 16.6. The summed E-state index contributed by atoms with van der Waals surface area (Å²) in [5.41, 5.74) is 1.10. The molecule has 2 aliphatic rings. The summed E-state index contributed by atoms with van der Waals surface area (Å²) in [4.78, 5) is 18.8. The lowest BCUT2D eigenvalue weighted by atomic mass is 10.1. The molecule has 0 atom stereocenters. The van der Waals surface area contributed by atoms with Gasteiger partial charge in [0.15, 0.2) is 29.3 Å². The second kappa shape index (κ2) is 6.52. The third kappa shape index (κ3) is 2.82. The minimum Gasteiger partial charge on any atom is -0.486 e. The van der Waals surface area contributed by atoms with Crippen molar-refractivity contribution in [3.63, 3.8) is 0 Å². The third-order valence-corrected chi connectivity index (χ3v) is 4.20. The van der Waals surface area contributed by atoms with Crippen molar-refractivity contribution in [3.05, 3.63) is 30.3 Å².